The fourth-order valence-corrected chi connectivity index (χ4v) is 1.75. The van der Waals surface area contributed by atoms with Crippen LogP contribution in [0.15, 0.2) is 35.7 Å². The zero-order valence-corrected chi connectivity index (χ0v) is 9.98. The van der Waals surface area contributed by atoms with Crippen molar-refractivity contribution in [2.75, 3.05) is 0 Å². The van der Waals surface area contributed by atoms with E-state index in [0.717, 1.165) is 29.4 Å². The Bertz CT molecular complexity index is 691. The summed E-state index contributed by atoms with van der Waals surface area (Å²) in [5.74, 6) is 0.0930. The summed E-state index contributed by atoms with van der Waals surface area (Å²) in [6.45, 7) is 0. The van der Waals surface area contributed by atoms with Crippen LogP contribution in [0.3, 0.4) is 0 Å². The van der Waals surface area contributed by atoms with Crippen LogP contribution in [0, 0.1) is 0 Å². The lowest BCUT2D eigenvalue weighted by molar-refractivity contribution is -0.140. The van der Waals surface area contributed by atoms with Gasteiger partial charge in [0, 0.05) is 12.4 Å². The van der Waals surface area contributed by atoms with E-state index in [0.29, 0.717) is 0 Å². The summed E-state index contributed by atoms with van der Waals surface area (Å²) in [5.41, 5.74) is -1.06. The summed E-state index contributed by atoms with van der Waals surface area (Å²) < 4.78 is 60.0. The minimum atomic E-state index is -4.55. The molecule has 0 aliphatic rings. The number of hydrogen-bond acceptors (Lipinski definition) is 4. The average molecular weight is 292 g/mol. The summed E-state index contributed by atoms with van der Waals surface area (Å²) in [6.07, 6.45) is -1.91. The molecule has 0 saturated carbocycles. The highest BCUT2D eigenvalue weighted by Crippen LogP contribution is 2.27. The van der Waals surface area contributed by atoms with E-state index >= 15 is 0 Å². The van der Waals surface area contributed by atoms with E-state index < -0.39 is 21.9 Å². The van der Waals surface area contributed by atoms with Gasteiger partial charge in [0.2, 0.25) is 10.0 Å². The van der Waals surface area contributed by atoms with Crippen LogP contribution >= 0.6 is 0 Å². The van der Waals surface area contributed by atoms with Gasteiger partial charge in [0.15, 0.2) is 5.69 Å². The van der Waals surface area contributed by atoms with Gasteiger partial charge in [-0.1, -0.05) is 0 Å². The van der Waals surface area contributed by atoms with Gasteiger partial charge in [-0.2, -0.15) is 13.2 Å². The molecular formula is C9H7F3N4O2S. The summed E-state index contributed by atoms with van der Waals surface area (Å²) in [5, 5.41) is 4.87. The van der Waals surface area contributed by atoms with Crippen molar-refractivity contribution in [3.05, 3.63) is 36.5 Å². The van der Waals surface area contributed by atoms with Gasteiger partial charge in [-0.15, -0.1) is 0 Å². The van der Waals surface area contributed by atoms with Gasteiger partial charge in [-0.25, -0.2) is 23.5 Å². The van der Waals surface area contributed by atoms with E-state index in [-0.39, 0.29) is 10.7 Å². The Kier molecular flexibility index (Phi) is 3.06. The van der Waals surface area contributed by atoms with Crippen molar-refractivity contribution in [1.29, 1.82) is 0 Å². The van der Waals surface area contributed by atoms with E-state index in [4.69, 9.17) is 5.14 Å². The Balaban J connectivity index is 2.36. The maximum atomic E-state index is 12.3. The summed E-state index contributed by atoms with van der Waals surface area (Å²) in [7, 11) is -3.89. The molecule has 6 nitrogen and oxygen atoms in total. The molecule has 0 saturated heterocycles. The molecule has 2 aromatic rings. The fraction of sp³-hybridized carbons (Fsp3) is 0.111. The molecule has 2 heterocycles. The Morgan fingerprint density at radius 2 is 1.89 bits per heavy atom. The molecule has 0 aliphatic carbocycles. The molecule has 2 rings (SSSR count). The van der Waals surface area contributed by atoms with Gasteiger partial charge in [0.1, 0.15) is 17.0 Å². The lowest BCUT2D eigenvalue weighted by atomic mass is 10.4. The van der Waals surface area contributed by atoms with E-state index in [1.165, 1.54) is 6.07 Å². The van der Waals surface area contributed by atoms with Crippen LogP contribution < -0.4 is 5.14 Å². The van der Waals surface area contributed by atoms with Crippen molar-refractivity contribution in [3.63, 3.8) is 0 Å². The molecule has 0 fully saturated rings. The van der Waals surface area contributed by atoms with E-state index in [9.17, 15) is 21.6 Å². The second kappa shape index (κ2) is 4.31. The van der Waals surface area contributed by atoms with E-state index in [2.05, 4.69) is 9.97 Å². The van der Waals surface area contributed by atoms with Crippen molar-refractivity contribution in [3.8, 4) is 5.82 Å². The van der Waals surface area contributed by atoms with Gasteiger partial charge in [0.05, 0.1) is 0 Å². The van der Waals surface area contributed by atoms with Gasteiger partial charge in [0.25, 0.3) is 0 Å². The maximum absolute atomic E-state index is 12.3. The summed E-state index contributed by atoms with van der Waals surface area (Å²) in [4.78, 5) is 6.67. The number of nitrogens with two attached hydrogens (primary N) is 1. The molecule has 102 valence electrons. The first kappa shape index (κ1) is 13.5. The van der Waals surface area contributed by atoms with E-state index in [1.54, 1.807) is 0 Å². The van der Waals surface area contributed by atoms with Crippen molar-refractivity contribution in [2.24, 2.45) is 5.14 Å². The second-order valence-corrected chi connectivity index (χ2v) is 5.12. The predicted molar refractivity (Wildman–Crippen MR) is 57.7 cm³/mol. The minimum Gasteiger partial charge on any atom is -0.290 e. The normalized spacial score (nSPS) is 12.6. The van der Waals surface area contributed by atoms with Crippen LogP contribution in [-0.4, -0.2) is 23.0 Å². The third-order valence-corrected chi connectivity index (χ3v) is 3.09. The van der Waals surface area contributed by atoms with Crippen LogP contribution in [0.1, 0.15) is 5.69 Å². The SMILES string of the molecule is NS(=O)(=O)c1ccc(-n2cnc(C(F)(F)F)c2)nc1. The number of aromatic nitrogens is 3. The van der Waals surface area contributed by atoms with E-state index in [1.807, 2.05) is 0 Å². The molecule has 0 aromatic carbocycles. The first-order chi connectivity index (χ1) is 8.68. The van der Waals surface area contributed by atoms with Crippen molar-refractivity contribution >= 4 is 10.0 Å². The predicted octanol–water partition coefficient (Wildman–Crippen LogP) is 0.934. The molecule has 19 heavy (non-hydrogen) atoms. The summed E-state index contributed by atoms with van der Waals surface area (Å²) in [6, 6.07) is 2.37. The first-order valence-electron chi connectivity index (χ1n) is 4.78. The molecule has 0 atom stereocenters. The smallest absolute Gasteiger partial charge is 0.290 e. The highest BCUT2D eigenvalue weighted by molar-refractivity contribution is 7.89. The fourth-order valence-electron chi connectivity index (χ4n) is 1.29. The third-order valence-electron chi connectivity index (χ3n) is 2.19. The number of rotatable bonds is 2. The third kappa shape index (κ3) is 2.90. The lowest BCUT2D eigenvalue weighted by Crippen LogP contribution is -2.12. The molecule has 0 spiro atoms. The number of halogens is 3. The Morgan fingerprint density at radius 3 is 2.32 bits per heavy atom. The van der Waals surface area contributed by atoms with Crippen molar-refractivity contribution in [1.82, 2.24) is 14.5 Å². The van der Waals surface area contributed by atoms with Crippen LogP contribution in [0.5, 0.6) is 0 Å². The zero-order valence-electron chi connectivity index (χ0n) is 9.16. The minimum absolute atomic E-state index is 0.0930. The molecule has 0 amide bonds. The molecular weight excluding hydrogens is 285 g/mol. The Hall–Kier alpha value is -1.94. The van der Waals surface area contributed by atoms with Crippen LogP contribution in [-0.2, 0) is 16.2 Å². The van der Waals surface area contributed by atoms with Crippen LogP contribution in [0.25, 0.3) is 5.82 Å². The zero-order chi connectivity index (χ0) is 14.3. The molecule has 0 unspecified atom stereocenters. The number of primary sulfonamides is 1. The number of pyridine rings is 1. The highest BCUT2D eigenvalue weighted by Gasteiger charge is 2.33. The van der Waals surface area contributed by atoms with Gasteiger partial charge < -0.3 is 0 Å². The topological polar surface area (TPSA) is 90.9 Å². The monoisotopic (exact) mass is 292 g/mol. The largest absolute Gasteiger partial charge is 0.434 e. The molecule has 2 aromatic heterocycles. The van der Waals surface area contributed by atoms with Crippen LogP contribution in [0.4, 0.5) is 13.2 Å². The number of sulfonamides is 1. The average Bonchev–Trinajstić information content (AvgIpc) is 2.77. The quantitative estimate of drug-likeness (QED) is 0.891. The second-order valence-electron chi connectivity index (χ2n) is 3.56. The van der Waals surface area contributed by atoms with Gasteiger partial charge in [-0.05, 0) is 12.1 Å². The van der Waals surface area contributed by atoms with Crippen molar-refractivity contribution in [2.45, 2.75) is 11.1 Å². The van der Waals surface area contributed by atoms with Crippen molar-refractivity contribution < 1.29 is 21.6 Å². The number of imidazole rings is 1. The Labute approximate surface area is 105 Å². The number of nitrogens with zero attached hydrogens (tertiary/aromatic N) is 3. The maximum Gasteiger partial charge on any atom is 0.434 e. The molecule has 10 heteroatoms. The first-order valence-corrected chi connectivity index (χ1v) is 6.33. The molecule has 0 aliphatic heterocycles. The summed E-state index contributed by atoms with van der Waals surface area (Å²) >= 11 is 0. The Morgan fingerprint density at radius 1 is 1.21 bits per heavy atom. The standard InChI is InChI=1S/C9H7F3N4O2S/c10-9(11,12)7-4-16(5-15-7)8-2-1-6(3-14-8)19(13,17)18/h1-5H,(H2,13,17,18). The lowest BCUT2D eigenvalue weighted by Gasteiger charge is -2.02. The van der Waals surface area contributed by atoms with Gasteiger partial charge in [-0.3, -0.25) is 4.57 Å². The molecule has 2 N–H and O–H groups in total. The number of hydrogen-bond donors (Lipinski definition) is 1. The number of alkyl halides is 3. The molecule has 0 bridgehead atoms. The van der Waals surface area contributed by atoms with Crippen LogP contribution in [0.2, 0.25) is 0 Å². The highest BCUT2D eigenvalue weighted by atomic mass is 32.2. The molecule has 0 radical (unpaired) electrons. The van der Waals surface area contributed by atoms with Gasteiger partial charge >= 0.3 is 6.18 Å².